The van der Waals surface area contributed by atoms with Crippen molar-refractivity contribution >= 4 is 5.91 Å². The van der Waals surface area contributed by atoms with Crippen LogP contribution in [0.1, 0.15) is 57.6 Å². The van der Waals surface area contributed by atoms with Crippen LogP contribution in [0.2, 0.25) is 0 Å². The SMILES string of the molecule is CCCC(C(N)=O)c1ccc(C(C)(C)C)cc1. The summed E-state index contributed by atoms with van der Waals surface area (Å²) in [5.41, 5.74) is 7.90. The highest BCUT2D eigenvalue weighted by Crippen LogP contribution is 2.26. The fourth-order valence-corrected chi connectivity index (χ4v) is 1.98. The van der Waals surface area contributed by atoms with Crippen molar-refractivity contribution in [3.8, 4) is 0 Å². The maximum Gasteiger partial charge on any atom is 0.224 e. The molecule has 94 valence electrons. The van der Waals surface area contributed by atoms with Gasteiger partial charge in [-0.05, 0) is 23.0 Å². The van der Waals surface area contributed by atoms with Crippen LogP contribution in [0.15, 0.2) is 24.3 Å². The van der Waals surface area contributed by atoms with Crippen LogP contribution in [0.5, 0.6) is 0 Å². The molecule has 17 heavy (non-hydrogen) atoms. The van der Waals surface area contributed by atoms with Crippen molar-refractivity contribution in [1.29, 1.82) is 0 Å². The number of rotatable bonds is 4. The van der Waals surface area contributed by atoms with Gasteiger partial charge in [-0.1, -0.05) is 58.4 Å². The second-order valence-electron chi connectivity index (χ2n) is 5.62. The molecule has 0 bridgehead atoms. The van der Waals surface area contributed by atoms with Crippen molar-refractivity contribution in [2.24, 2.45) is 5.73 Å². The predicted molar refractivity (Wildman–Crippen MR) is 72.0 cm³/mol. The van der Waals surface area contributed by atoms with Gasteiger partial charge in [0.1, 0.15) is 0 Å². The van der Waals surface area contributed by atoms with Crippen LogP contribution < -0.4 is 5.73 Å². The molecule has 1 atom stereocenters. The molecule has 0 saturated carbocycles. The first-order valence-electron chi connectivity index (χ1n) is 6.26. The zero-order valence-electron chi connectivity index (χ0n) is 11.3. The van der Waals surface area contributed by atoms with E-state index in [1.54, 1.807) is 0 Å². The second-order valence-corrected chi connectivity index (χ2v) is 5.62. The van der Waals surface area contributed by atoms with Crippen molar-refractivity contribution in [3.05, 3.63) is 35.4 Å². The molecule has 0 saturated heterocycles. The average Bonchev–Trinajstić information content (AvgIpc) is 2.24. The minimum Gasteiger partial charge on any atom is -0.369 e. The Bertz CT molecular complexity index is 373. The number of primary amides is 1. The van der Waals surface area contributed by atoms with Crippen LogP contribution in [0.25, 0.3) is 0 Å². The summed E-state index contributed by atoms with van der Waals surface area (Å²) < 4.78 is 0. The number of nitrogens with two attached hydrogens (primary N) is 1. The monoisotopic (exact) mass is 233 g/mol. The summed E-state index contributed by atoms with van der Waals surface area (Å²) in [7, 11) is 0. The lowest BCUT2D eigenvalue weighted by molar-refractivity contribution is -0.119. The quantitative estimate of drug-likeness (QED) is 0.851. The summed E-state index contributed by atoms with van der Waals surface area (Å²) >= 11 is 0. The molecule has 0 spiro atoms. The van der Waals surface area contributed by atoms with Gasteiger partial charge >= 0.3 is 0 Å². The topological polar surface area (TPSA) is 43.1 Å². The van der Waals surface area contributed by atoms with Gasteiger partial charge in [0.05, 0.1) is 5.92 Å². The highest BCUT2D eigenvalue weighted by atomic mass is 16.1. The van der Waals surface area contributed by atoms with Crippen LogP contribution in [0, 0.1) is 0 Å². The summed E-state index contributed by atoms with van der Waals surface area (Å²) in [4.78, 5) is 11.4. The molecule has 0 fully saturated rings. The molecular formula is C15H23NO. The molecule has 0 heterocycles. The lowest BCUT2D eigenvalue weighted by Gasteiger charge is -2.20. The fraction of sp³-hybridized carbons (Fsp3) is 0.533. The standard InChI is InChI=1S/C15H23NO/c1-5-6-13(14(16)17)11-7-9-12(10-8-11)15(2,3)4/h7-10,13H,5-6H2,1-4H3,(H2,16,17). The van der Waals surface area contributed by atoms with Crippen LogP contribution in [-0.2, 0) is 10.2 Å². The van der Waals surface area contributed by atoms with Crippen molar-refractivity contribution in [1.82, 2.24) is 0 Å². The van der Waals surface area contributed by atoms with E-state index in [9.17, 15) is 4.79 Å². The third-order valence-corrected chi connectivity index (χ3v) is 3.10. The van der Waals surface area contributed by atoms with Gasteiger partial charge in [-0.3, -0.25) is 4.79 Å². The lowest BCUT2D eigenvalue weighted by atomic mass is 9.85. The van der Waals surface area contributed by atoms with Crippen molar-refractivity contribution in [3.63, 3.8) is 0 Å². The van der Waals surface area contributed by atoms with Gasteiger partial charge in [0.15, 0.2) is 0 Å². The van der Waals surface area contributed by atoms with Gasteiger partial charge < -0.3 is 5.73 Å². The molecule has 0 aliphatic carbocycles. The molecule has 1 aromatic rings. The number of amides is 1. The molecule has 1 rings (SSSR count). The zero-order valence-corrected chi connectivity index (χ0v) is 11.3. The lowest BCUT2D eigenvalue weighted by Crippen LogP contribution is -2.21. The Labute approximate surface area is 104 Å². The molecule has 1 amide bonds. The fourth-order valence-electron chi connectivity index (χ4n) is 1.98. The van der Waals surface area contributed by atoms with E-state index >= 15 is 0 Å². The van der Waals surface area contributed by atoms with Crippen LogP contribution in [0.4, 0.5) is 0 Å². The van der Waals surface area contributed by atoms with Crippen molar-refractivity contribution < 1.29 is 4.79 Å². The van der Waals surface area contributed by atoms with Crippen LogP contribution in [-0.4, -0.2) is 5.91 Å². The average molecular weight is 233 g/mol. The smallest absolute Gasteiger partial charge is 0.224 e. The molecule has 2 N–H and O–H groups in total. The van der Waals surface area contributed by atoms with E-state index in [1.807, 2.05) is 12.1 Å². The number of benzene rings is 1. The highest BCUT2D eigenvalue weighted by molar-refractivity contribution is 5.81. The van der Waals surface area contributed by atoms with E-state index in [0.717, 1.165) is 18.4 Å². The molecular weight excluding hydrogens is 210 g/mol. The molecule has 0 aliphatic heterocycles. The minimum atomic E-state index is -0.227. The Morgan fingerprint density at radius 3 is 2.12 bits per heavy atom. The van der Waals surface area contributed by atoms with Crippen LogP contribution >= 0.6 is 0 Å². The summed E-state index contributed by atoms with van der Waals surface area (Å²) in [6.45, 7) is 8.61. The highest BCUT2D eigenvalue weighted by Gasteiger charge is 2.18. The normalized spacial score (nSPS) is 13.4. The number of hydrogen-bond acceptors (Lipinski definition) is 1. The van der Waals surface area contributed by atoms with E-state index in [0.29, 0.717) is 0 Å². The number of carbonyl (C=O) groups is 1. The largest absolute Gasteiger partial charge is 0.369 e. The van der Waals surface area contributed by atoms with E-state index in [4.69, 9.17) is 5.73 Å². The maximum atomic E-state index is 11.4. The van der Waals surface area contributed by atoms with Gasteiger partial charge in [-0.25, -0.2) is 0 Å². The van der Waals surface area contributed by atoms with E-state index in [1.165, 1.54) is 5.56 Å². The van der Waals surface area contributed by atoms with E-state index < -0.39 is 0 Å². The maximum absolute atomic E-state index is 11.4. The Morgan fingerprint density at radius 2 is 1.76 bits per heavy atom. The third kappa shape index (κ3) is 3.58. The predicted octanol–water partition coefficient (Wildman–Crippen LogP) is 3.35. The number of hydrogen-bond donors (Lipinski definition) is 1. The van der Waals surface area contributed by atoms with Gasteiger partial charge in [-0.2, -0.15) is 0 Å². The first-order valence-corrected chi connectivity index (χ1v) is 6.26. The molecule has 1 aromatic carbocycles. The van der Waals surface area contributed by atoms with Gasteiger partial charge in [0.25, 0.3) is 0 Å². The second kappa shape index (κ2) is 5.35. The van der Waals surface area contributed by atoms with Gasteiger partial charge in [0, 0.05) is 0 Å². The van der Waals surface area contributed by atoms with Crippen LogP contribution in [0.3, 0.4) is 0 Å². The Kier molecular flexibility index (Phi) is 4.33. The molecule has 2 heteroatoms. The van der Waals surface area contributed by atoms with E-state index in [-0.39, 0.29) is 17.2 Å². The summed E-state index contributed by atoms with van der Waals surface area (Å²) in [5, 5.41) is 0. The third-order valence-electron chi connectivity index (χ3n) is 3.10. The van der Waals surface area contributed by atoms with Crippen molar-refractivity contribution in [2.45, 2.75) is 51.9 Å². The summed E-state index contributed by atoms with van der Waals surface area (Å²) in [6, 6.07) is 8.26. The minimum absolute atomic E-state index is 0.144. The van der Waals surface area contributed by atoms with E-state index in [2.05, 4.69) is 39.8 Å². The molecule has 0 aromatic heterocycles. The summed E-state index contributed by atoms with van der Waals surface area (Å²) in [6.07, 6.45) is 1.79. The zero-order chi connectivity index (χ0) is 13.1. The first kappa shape index (κ1) is 13.8. The number of carbonyl (C=O) groups excluding carboxylic acids is 1. The van der Waals surface area contributed by atoms with Gasteiger partial charge in [-0.15, -0.1) is 0 Å². The molecule has 1 unspecified atom stereocenters. The summed E-state index contributed by atoms with van der Waals surface area (Å²) in [5.74, 6) is -0.371. The Hall–Kier alpha value is -1.31. The molecule has 0 aliphatic rings. The van der Waals surface area contributed by atoms with Gasteiger partial charge in [0.2, 0.25) is 5.91 Å². The molecule has 0 radical (unpaired) electrons. The first-order chi connectivity index (χ1) is 7.86. The Morgan fingerprint density at radius 1 is 1.24 bits per heavy atom. The Balaban J connectivity index is 2.96. The van der Waals surface area contributed by atoms with Crippen molar-refractivity contribution in [2.75, 3.05) is 0 Å². The molecule has 2 nitrogen and oxygen atoms in total.